The number of halogens is 1. The molecule has 0 saturated carbocycles. The van der Waals surface area contributed by atoms with Crippen LogP contribution in [0.4, 0.5) is 0 Å². The zero-order valence-corrected chi connectivity index (χ0v) is 18.8. The van der Waals surface area contributed by atoms with Gasteiger partial charge in [0.2, 0.25) is 0 Å². The molecule has 1 aliphatic rings. The number of aryl methyl sites for hydroxylation is 1. The smallest absolute Gasteiger partial charge is 0.195 e. The van der Waals surface area contributed by atoms with E-state index in [0.717, 1.165) is 25.5 Å². The lowest BCUT2D eigenvalue weighted by atomic mass is 9.97. The van der Waals surface area contributed by atoms with Gasteiger partial charge in [0, 0.05) is 46.7 Å². The average Bonchev–Trinajstić information content (AvgIpc) is 2.96. The Hall–Kier alpha value is -0.410. The minimum Gasteiger partial charge on any atom is -0.349 e. The van der Waals surface area contributed by atoms with E-state index in [-0.39, 0.29) is 24.0 Å². The van der Waals surface area contributed by atoms with Crippen molar-refractivity contribution in [3.8, 4) is 0 Å². The van der Waals surface area contributed by atoms with Crippen LogP contribution in [0.15, 0.2) is 10.4 Å². The molecule has 0 radical (unpaired) electrons. The van der Waals surface area contributed by atoms with E-state index >= 15 is 0 Å². The molecule has 0 amide bonds. The predicted octanol–water partition coefficient (Wildman–Crippen LogP) is 3.01. The van der Waals surface area contributed by atoms with Gasteiger partial charge in [0.1, 0.15) is 0 Å². The second kappa shape index (κ2) is 10.6. The highest BCUT2D eigenvalue weighted by Crippen LogP contribution is 2.20. The third-order valence-electron chi connectivity index (χ3n) is 4.29. The number of hydrogen-bond acceptors (Lipinski definition) is 4. The molecule has 0 spiro atoms. The molecule has 1 aliphatic heterocycles. The zero-order valence-electron chi connectivity index (χ0n) is 15.7. The van der Waals surface area contributed by atoms with Crippen molar-refractivity contribution in [3.05, 3.63) is 16.1 Å². The molecule has 0 bridgehead atoms. The number of thiazole rings is 1. The van der Waals surface area contributed by atoms with Crippen LogP contribution in [-0.4, -0.2) is 73.5 Å². The maximum absolute atomic E-state index is 4.81. The summed E-state index contributed by atoms with van der Waals surface area (Å²) in [5, 5.41) is 3.47. The summed E-state index contributed by atoms with van der Waals surface area (Å²) in [5.74, 6) is 1.77. The van der Waals surface area contributed by atoms with E-state index in [0.29, 0.717) is 5.92 Å². The molecule has 0 aliphatic carbocycles. The lowest BCUT2D eigenvalue weighted by Crippen LogP contribution is -2.37. The van der Waals surface area contributed by atoms with Gasteiger partial charge in [-0.15, -0.1) is 35.3 Å². The van der Waals surface area contributed by atoms with Gasteiger partial charge in [-0.1, -0.05) is 6.92 Å². The van der Waals surface area contributed by atoms with Crippen LogP contribution in [-0.2, 0) is 13.0 Å². The zero-order chi connectivity index (χ0) is 16.8. The fourth-order valence-corrected chi connectivity index (χ4v) is 3.77. The van der Waals surface area contributed by atoms with Gasteiger partial charge in [0.15, 0.2) is 5.96 Å². The molecule has 1 aromatic heterocycles. The molecule has 1 saturated heterocycles. The first-order valence-electron chi connectivity index (χ1n) is 8.54. The molecule has 0 unspecified atom stereocenters. The van der Waals surface area contributed by atoms with E-state index in [1.54, 1.807) is 11.3 Å². The fraction of sp³-hybridized carbons (Fsp3) is 0.765. The van der Waals surface area contributed by atoms with E-state index < -0.39 is 0 Å². The third-order valence-corrected chi connectivity index (χ3v) is 5.33. The molecular weight excluding hydrogens is 433 g/mol. The van der Waals surface area contributed by atoms with Gasteiger partial charge >= 0.3 is 0 Å². The van der Waals surface area contributed by atoms with Crippen molar-refractivity contribution in [3.63, 3.8) is 0 Å². The molecule has 1 aromatic rings. The molecule has 138 valence electrons. The normalized spacial score (nSPS) is 15.7. The minimum absolute atomic E-state index is 0. The highest BCUT2D eigenvalue weighted by molar-refractivity contribution is 14.0. The summed E-state index contributed by atoms with van der Waals surface area (Å²) in [5.41, 5.74) is 1.24. The Labute approximate surface area is 168 Å². The quantitative estimate of drug-likeness (QED) is 0.381. The molecule has 2 rings (SSSR count). The topological polar surface area (TPSA) is 35.0 Å². The summed E-state index contributed by atoms with van der Waals surface area (Å²) >= 11 is 1.79. The van der Waals surface area contributed by atoms with Crippen LogP contribution in [0.1, 0.15) is 30.5 Å². The monoisotopic (exact) mass is 465 g/mol. The van der Waals surface area contributed by atoms with Gasteiger partial charge in [-0.05, 0) is 38.3 Å². The Balaban J connectivity index is 0.00000288. The number of aliphatic imine (C=N–C) groups is 1. The summed E-state index contributed by atoms with van der Waals surface area (Å²) in [6.45, 7) is 6.45. The number of nitrogens with zero attached hydrogens (tertiary/aromatic N) is 5. The van der Waals surface area contributed by atoms with Crippen LogP contribution in [0.2, 0.25) is 0 Å². The highest BCUT2D eigenvalue weighted by Gasteiger charge is 2.20. The van der Waals surface area contributed by atoms with E-state index in [2.05, 4.69) is 60.2 Å². The lowest BCUT2D eigenvalue weighted by Gasteiger charge is -2.31. The number of rotatable bonds is 5. The Morgan fingerprint density at radius 1 is 1.25 bits per heavy atom. The molecule has 24 heavy (non-hydrogen) atoms. The van der Waals surface area contributed by atoms with E-state index in [9.17, 15) is 0 Å². The minimum atomic E-state index is 0. The van der Waals surface area contributed by atoms with Crippen LogP contribution in [0.3, 0.4) is 0 Å². The van der Waals surface area contributed by atoms with Crippen molar-refractivity contribution in [2.24, 2.45) is 10.9 Å². The van der Waals surface area contributed by atoms with Crippen molar-refractivity contribution in [1.82, 2.24) is 19.7 Å². The number of guanidine groups is 1. The second-order valence-electron chi connectivity index (χ2n) is 6.74. The van der Waals surface area contributed by atoms with Gasteiger partial charge in [0.25, 0.3) is 0 Å². The fourth-order valence-electron chi connectivity index (χ4n) is 3.03. The molecule has 0 N–H and O–H groups in total. The maximum atomic E-state index is 4.81. The summed E-state index contributed by atoms with van der Waals surface area (Å²) in [6.07, 6.45) is 3.52. The summed E-state index contributed by atoms with van der Waals surface area (Å²) in [6, 6.07) is 0. The van der Waals surface area contributed by atoms with Crippen molar-refractivity contribution in [2.45, 2.75) is 32.7 Å². The van der Waals surface area contributed by atoms with Crippen LogP contribution >= 0.6 is 35.3 Å². The van der Waals surface area contributed by atoms with Crippen molar-refractivity contribution >= 4 is 41.3 Å². The second-order valence-corrected chi connectivity index (χ2v) is 7.68. The Kier molecular flexibility index (Phi) is 9.51. The molecule has 1 fully saturated rings. The Bertz CT molecular complexity index is 497. The Morgan fingerprint density at radius 2 is 1.88 bits per heavy atom. The molecular formula is C17H32IN5S. The van der Waals surface area contributed by atoms with Crippen LogP contribution in [0, 0.1) is 5.92 Å². The average molecular weight is 465 g/mol. The number of piperidine rings is 1. The first-order chi connectivity index (χ1) is 11.0. The van der Waals surface area contributed by atoms with Gasteiger partial charge < -0.3 is 9.80 Å². The van der Waals surface area contributed by atoms with E-state index in [4.69, 9.17) is 4.99 Å². The number of hydrogen-bond donors (Lipinski definition) is 0. The van der Waals surface area contributed by atoms with Crippen LogP contribution < -0.4 is 0 Å². The van der Waals surface area contributed by atoms with Gasteiger partial charge in [-0.3, -0.25) is 9.89 Å². The van der Waals surface area contributed by atoms with Crippen LogP contribution in [0.5, 0.6) is 0 Å². The maximum Gasteiger partial charge on any atom is 0.195 e. The highest BCUT2D eigenvalue weighted by atomic mass is 127. The SMILES string of the molecule is CCc1nc(CN2CCC(CN=C(N(C)C)N(C)C)CC2)cs1.I. The number of likely N-dealkylation sites (tertiary alicyclic amines) is 1. The molecule has 2 heterocycles. The van der Waals surface area contributed by atoms with Gasteiger partial charge in [-0.25, -0.2) is 4.98 Å². The van der Waals surface area contributed by atoms with E-state index in [1.807, 2.05) is 0 Å². The Morgan fingerprint density at radius 3 is 2.38 bits per heavy atom. The van der Waals surface area contributed by atoms with Crippen LogP contribution in [0.25, 0.3) is 0 Å². The van der Waals surface area contributed by atoms with Crippen molar-refractivity contribution in [1.29, 1.82) is 0 Å². The summed E-state index contributed by atoms with van der Waals surface area (Å²) in [7, 11) is 8.22. The standard InChI is InChI=1S/C17H31N5S.HI/c1-6-16-19-15(13-23-16)12-22-9-7-14(8-10-22)11-18-17(20(2)3)21(4)5;/h13-14H,6-12H2,1-5H3;1H. The molecule has 7 heteroatoms. The van der Waals surface area contributed by atoms with Crippen molar-refractivity contribution < 1.29 is 0 Å². The summed E-state index contributed by atoms with van der Waals surface area (Å²) in [4.78, 5) is 16.2. The predicted molar refractivity (Wildman–Crippen MR) is 115 cm³/mol. The van der Waals surface area contributed by atoms with Gasteiger partial charge in [-0.2, -0.15) is 0 Å². The molecule has 0 aromatic carbocycles. The molecule has 5 nitrogen and oxygen atoms in total. The number of aromatic nitrogens is 1. The first kappa shape index (κ1) is 21.6. The van der Waals surface area contributed by atoms with Crippen molar-refractivity contribution in [2.75, 3.05) is 47.8 Å². The third kappa shape index (κ3) is 6.48. The lowest BCUT2D eigenvalue weighted by molar-refractivity contribution is 0.179. The first-order valence-corrected chi connectivity index (χ1v) is 9.42. The summed E-state index contributed by atoms with van der Waals surface area (Å²) < 4.78 is 0. The van der Waals surface area contributed by atoms with E-state index in [1.165, 1.54) is 36.6 Å². The van der Waals surface area contributed by atoms with Gasteiger partial charge in [0.05, 0.1) is 10.7 Å². The largest absolute Gasteiger partial charge is 0.349 e. The molecule has 0 atom stereocenters.